The van der Waals surface area contributed by atoms with E-state index in [1.165, 1.54) is 10.6 Å². The summed E-state index contributed by atoms with van der Waals surface area (Å²) in [6, 6.07) is 0. The van der Waals surface area contributed by atoms with Crippen LogP contribution in [0.3, 0.4) is 0 Å². The van der Waals surface area contributed by atoms with Crippen molar-refractivity contribution >= 4 is 15.2 Å². The molecule has 0 aromatic heterocycles. The summed E-state index contributed by atoms with van der Waals surface area (Å²) < 4.78 is 0. The standard InChI is InChI=1S/C8H18N.2C4H9.Al/c1-7(2)5-9-6-8(3)4;2*1-4(2)3;/h7-8H,5-6H2,1-4H3;2*4H,1H2,2-3H3;/q-1;;;+1. The van der Waals surface area contributed by atoms with Crippen LogP contribution in [0.25, 0.3) is 5.32 Å². The van der Waals surface area contributed by atoms with E-state index in [4.69, 9.17) is 0 Å². The number of rotatable bonds is 8. The van der Waals surface area contributed by atoms with Gasteiger partial charge < -0.3 is 5.32 Å². The fraction of sp³-hybridized carbons (Fsp3) is 1.00. The molecule has 0 aromatic rings. The third-order valence-electron chi connectivity index (χ3n) is 2.26. The van der Waals surface area contributed by atoms with Gasteiger partial charge in [0.25, 0.3) is 0 Å². The first-order valence-corrected chi connectivity index (χ1v) is 9.33. The topological polar surface area (TPSA) is 14.1 Å². The summed E-state index contributed by atoms with van der Waals surface area (Å²) in [5.41, 5.74) is 0. The molecule has 1 nitrogen and oxygen atoms in total. The van der Waals surface area contributed by atoms with Crippen molar-refractivity contribution in [1.82, 2.24) is 0 Å². The third-order valence-corrected chi connectivity index (χ3v) is 4.82. The minimum atomic E-state index is 0.726. The molecule has 18 heavy (non-hydrogen) atoms. The van der Waals surface area contributed by atoms with E-state index in [1.54, 1.807) is 0 Å². The van der Waals surface area contributed by atoms with Crippen molar-refractivity contribution in [3.63, 3.8) is 0 Å². The maximum absolute atomic E-state index is 4.37. The molecule has 0 amide bonds. The first-order chi connectivity index (χ1) is 8.25. The first kappa shape index (κ1) is 20.8. The van der Waals surface area contributed by atoms with Gasteiger partial charge >= 0.3 is 65.3 Å². The first-order valence-electron chi connectivity index (χ1n) is 7.70. The molecule has 0 rings (SSSR count). The molecule has 0 unspecified atom stereocenters. The van der Waals surface area contributed by atoms with E-state index >= 15 is 0 Å². The molecule has 0 saturated carbocycles. The van der Waals surface area contributed by atoms with Crippen LogP contribution in [0.4, 0.5) is 0 Å². The molecular weight excluding hydrogens is 233 g/mol. The second-order valence-electron chi connectivity index (χ2n) is 6.92. The molecular formula is C16H36AlN. The Morgan fingerprint density at radius 2 is 0.944 bits per heavy atom. The van der Waals surface area contributed by atoms with Crippen molar-refractivity contribution < 1.29 is 0 Å². The predicted molar refractivity (Wildman–Crippen MR) is 87.8 cm³/mol. The Morgan fingerprint density at radius 3 is 1.17 bits per heavy atom. The summed E-state index contributed by atoms with van der Waals surface area (Å²) in [4.78, 5) is 0. The number of hydrogen-bond donors (Lipinski definition) is 0. The fourth-order valence-electron chi connectivity index (χ4n) is 1.35. The van der Waals surface area contributed by atoms with Crippen molar-refractivity contribution in [2.45, 2.75) is 66.0 Å². The van der Waals surface area contributed by atoms with E-state index in [2.05, 4.69) is 60.7 Å². The van der Waals surface area contributed by atoms with Gasteiger partial charge in [-0.3, -0.25) is 0 Å². The Balaban J connectivity index is 0. The normalized spacial score (nSPS) is 10.9. The van der Waals surface area contributed by atoms with Crippen LogP contribution >= 0.6 is 0 Å². The number of hydrogen-bond acceptors (Lipinski definition) is 0. The van der Waals surface area contributed by atoms with Gasteiger partial charge in [-0.1, -0.05) is 39.5 Å². The van der Waals surface area contributed by atoms with Crippen LogP contribution in [0, 0.1) is 23.7 Å². The van der Waals surface area contributed by atoms with Crippen LogP contribution in [-0.2, 0) is 0 Å². The number of nitrogens with zero attached hydrogens (tertiary/aromatic N) is 1. The monoisotopic (exact) mass is 269 g/mol. The van der Waals surface area contributed by atoms with Crippen LogP contribution < -0.4 is 0 Å². The van der Waals surface area contributed by atoms with Crippen molar-refractivity contribution in [3.05, 3.63) is 5.32 Å². The Hall–Kier alpha value is 0.492. The summed E-state index contributed by atoms with van der Waals surface area (Å²) in [6.45, 7) is 20.1. The van der Waals surface area contributed by atoms with Crippen molar-refractivity contribution in [3.8, 4) is 0 Å². The molecule has 0 saturated heterocycles. The quantitative estimate of drug-likeness (QED) is 0.516. The van der Waals surface area contributed by atoms with Gasteiger partial charge in [0.2, 0.25) is 0 Å². The van der Waals surface area contributed by atoms with Crippen LogP contribution in [0.1, 0.15) is 55.4 Å². The second kappa shape index (κ2) is 13.9. The molecule has 0 aliphatic rings. The maximum atomic E-state index is 4.37. The van der Waals surface area contributed by atoms with Crippen LogP contribution in [0.5, 0.6) is 0 Å². The Labute approximate surface area is 123 Å². The molecule has 0 heterocycles. The van der Waals surface area contributed by atoms with Gasteiger partial charge in [0.15, 0.2) is 0 Å². The van der Waals surface area contributed by atoms with Gasteiger partial charge in [0.05, 0.1) is 0 Å². The van der Waals surface area contributed by atoms with Crippen LogP contribution in [-0.4, -0.2) is 28.3 Å². The molecule has 108 valence electrons. The van der Waals surface area contributed by atoms with Crippen molar-refractivity contribution in [1.29, 1.82) is 0 Å². The van der Waals surface area contributed by atoms with E-state index in [0.717, 1.165) is 52.0 Å². The Morgan fingerprint density at radius 1 is 0.611 bits per heavy atom. The van der Waals surface area contributed by atoms with E-state index in [1.807, 2.05) is 0 Å². The van der Waals surface area contributed by atoms with Crippen LogP contribution in [0.2, 0.25) is 10.6 Å². The van der Waals surface area contributed by atoms with Gasteiger partial charge in [-0.2, -0.15) is 0 Å². The Kier molecular flexibility index (Phi) is 16.1. The van der Waals surface area contributed by atoms with Gasteiger partial charge in [-0.15, -0.1) is 13.1 Å². The van der Waals surface area contributed by atoms with Gasteiger partial charge in [0, 0.05) is 0 Å². The summed E-state index contributed by atoms with van der Waals surface area (Å²) >= 11 is 0.755. The van der Waals surface area contributed by atoms with Gasteiger partial charge in [0.1, 0.15) is 0 Å². The summed E-state index contributed by atoms with van der Waals surface area (Å²) in [5, 5.41) is 7.34. The molecule has 0 N–H and O–H groups in total. The van der Waals surface area contributed by atoms with E-state index < -0.39 is 0 Å². The zero-order valence-electron chi connectivity index (χ0n) is 14.2. The molecule has 0 radical (unpaired) electrons. The predicted octanol–water partition coefficient (Wildman–Crippen LogP) is 5.51. The minimum absolute atomic E-state index is 0.726. The third kappa shape index (κ3) is 25.4. The molecule has 0 aliphatic heterocycles. The molecule has 0 fully saturated rings. The van der Waals surface area contributed by atoms with E-state index in [-0.39, 0.29) is 0 Å². The second-order valence-corrected chi connectivity index (χ2v) is 8.44. The Bertz CT molecular complexity index is 119. The molecule has 0 bridgehead atoms. The molecule has 0 spiro atoms. The van der Waals surface area contributed by atoms with Gasteiger partial charge in [-0.05, 0) is 0 Å². The average Bonchev–Trinajstić information content (AvgIpc) is 2.15. The molecule has 0 aliphatic carbocycles. The summed E-state index contributed by atoms with van der Waals surface area (Å²) in [7, 11) is 0. The SMILES string of the molecule is CC(C)C[N-]CC(C)C.CC(C)[CH2][Al+][CH2]C(C)C. The zero-order chi connectivity index (χ0) is 14.6. The molecule has 0 atom stereocenters. The van der Waals surface area contributed by atoms with E-state index in [0.29, 0.717) is 0 Å². The van der Waals surface area contributed by atoms with Crippen molar-refractivity contribution in [2.75, 3.05) is 13.1 Å². The molecule has 0 aromatic carbocycles. The summed E-state index contributed by atoms with van der Waals surface area (Å²) in [6.07, 6.45) is 0. The van der Waals surface area contributed by atoms with E-state index in [9.17, 15) is 0 Å². The summed E-state index contributed by atoms with van der Waals surface area (Å²) in [5.74, 6) is 3.31. The molecule has 2 heteroatoms. The van der Waals surface area contributed by atoms with Crippen LogP contribution in [0.15, 0.2) is 0 Å². The fourth-order valence-corrected chi connectivity index (χ4v) is 2.88. The van der Waals surface area contributed by atoms with Crippen molar-refractivity contribution in [2.24, 2.45) is 23.7 Å². The average molecular weight is 269 g/mol. The zero-order valence-corrected chi connectivity index (χ0v) is 15.3. The van der Waals surface area contributed by atoms with Gasteiger partial charge in [-0.25, -0.2) is 0 Å².